The topological polar surface area (TPSA) is 38.8 Å². The van der Waals surface area contributed by atoms with Crippen molar-refractivity contribution in [3.63, 3.8) is 0 Å². The molecule has 0 aromatic heterocycles. The fourth-order valence-corrected chi connectivity index (χ4v) is 2.36. The molecule has 0 aliphatic heterocycles. The predicted molar refractivity (Wildman–Crippen MR) is 71.6 cm³/mol. The smallest absolute Gasteiger partial charge is 0.319 e. The van der Waals surface area contributed by atoms with Gasteiger partial charge in [-0.3, -0.25) is 9.69 Å². The molecule has 0 spiro atoms. The van der Waals surface area contributed by atoms with Gasteiger partial charge in [0.1, 0.15) is 0 Å². The molecule has 0 atom stereocenters. The highest BCUT2D eigenvalue weighted by Gasteiger charge is 2.24. The first-order chi connectivity index (χ1) is 8.42. The van der Waals surface area contributed by atoms with Gasteiger partial charge in [-0.1, -0.05) is 12.8 Å². The lowest BCUT2D eigenvalue weighted by Gasteiger charge is -2.29. The average Bonchev–Trinajstić information content (AvgIpc) is 2.79. The van der Waals surface area contributed by atoms with Crippen molar-refractivity contribution in [3.05, 3.63) is 0 Å². The van der Waals surface area contributed by atoms with Crippen LogP contribution in [0.3, 0.4) is 0 Å². The maximum absolute atomic E-state index is 11.4. The second-order valence-electron chi connectivity index (χ2n) is 5.95. The standard InChI is InChI=1S/C14H27NO3/c1-14(2,3)18-10-9-15(11-13(16)17-4)12-7-5-6-8-12/h12H,5-11H2,1-4H3. The van der Waals surface area contributed by atoms with E-state index in [1.54, 1.807) is 0 Å². The fraction of sp³-hybridized carbons (Fsp3) is 0.929. The summed E-state index contributed by atoms with van der Waals surface area (Å²) in [6, 6.07) is 0.521. The summed E-state index contributed by atoms with van der Waals surface area (Å²) in [6.45, 7) is 8.00. The highest BCUT2D eigenvalue weighted by Crippen LogP contribution is 2.23. The van der Waals surface area contributed by atoms with Crippen molar-refractivity contribution in [2.45, 2.75) is 58.1 Å². The molecule has 1 rings (SSSR count). The molecule has 0 aromatic carbocycles. The normalized spacial score (nSPS) is 17.4. The molecule has 4 heteroatoms. The van der Waals surface area contributed by atoms with Gasteiger partial charge >= 0.3 is 5.97 Å². The van der Waals surface area contributed by atoms with Crippen LogP contribution in [-0.2, 0) is 14.3 Å². The predicted octanol–water partition coefficient (Wildman–Crippen LogP) is 2.22. The first-order valence-corrected chi connectivity index (χ1v) is 6.87. The summed E-state index contributed by atoms with van der Waals surface area (Å²) < 4.78 is 10.5. The van der Waals surface area contributed by atoms with Gasteiger partial charge in [0.25, 0.3) is 0 Å². The van der Waals surface area contributed by atoms with Crippen molar-refractivity contribution in [1.29, 1.82) is 0 Å². The molecule has 0 unspecified atom stereocenters. The third kappa shape index (κ3) is 5.83. The number of carbonyl (C=O) groups is 1. The number of carbonyl (C=O) groups excluding carboxylic acids is 1. The minimum absolute atomic E-state index is 0.118. The van der Waals surface area contributed by atoms with E-state index in [1.165, 1.54) is 32.8 Å². The number of ether oxygens (including phenoxy) is 2. The van der Waals surface area contributed by atoms with Crippen LogP contribution >= 0.6 is 0 Å². The van der Waals surface area contributed by atoms with Crippen molar-refractivity contribution in [2.75, 3.05) is 26.8 Å². The van der Waals surface area contributed by atoms with E-state index in [-0.39, 0.29) is 11.6 Å². The van der Waals surface area contributed by atoms with Crippen LogP contribution in [0, 0.1) is 0 Å². The number of hydrogen-bond donors (Lipinski definition) is 0. The van der Waals surface area contributed by atoms with Crippen LogP contribution in [0.2, 0.25) is 0 Å². The van der Waals surface area contributed by atoms with Crippen LogP contribution in [0.15, 0.2) is 0 Å². The summed E-state index contributed by atoms with van der Waals surface area (Å²) in [5.41, 5.74) is -0.118. The Labute approximate surface area is 111 Å². The molecule has 4 nitrogen and oxygen atoms in total. The third-order valence-corrected chi connectivity index (χ3v) is 3.31. The summed E-state index contributed by atoms with van der Waals surface area (Å²) in [5, 5.41) is 0. The Bertz CT molecular complexity index is 254. The number of esters is 1. The minimum Gasteiger partial charge on any atom is -0.468 e. The molecule has 1 aliphatic carbocycles. The largest absolute Gasteiger partial charge is 0.468 e. The van der Waals surface area contributed by atoms with Gasteiger partial charge in [0.15, 0.2) is 0 Å². The lowest BCUT2D eigenvalue weighted by atomic mass is 10.2. The van der Waals surface area contributed by atoms with Crippen molar-refractivity contribution in [2.24, 2.45) is 0 Å². The first kappa shape index (κ1) is 15.4. The van der Waals surface area contributed by atoms with E-state index in [1.807, 2.05) is 20.8 Å². The molecule has 106 valence electrons. The van der Waals surface area contributed by atoms with E-state index in [2.05, 4.69) is 4.90 Å². The Hall–Kier alpha value is -0.610. The van der Waals surface area contributed by atoms with Crippen LogP contribution in [0.5, 0.6) is 0 Å². The highest BCUT2D eigenvalue weighted by atomic mass is 16.5. The summed E-state index contributed by atoms with van der Waals surface area (Å²) in [7, 11) is 1.45. The zero-order chi connectivity index (χ0) is 13.6. The summed E-state index contributed by atoms with van der Waals surface area (Å²) in [6.07, 6.45) is 4.91. The van der Waals surface area contributed by atoms with Gasteiger partial charge in [-0.25, -0.2) is 0 Å². The summed E-state index contributed by atoms with van der Waals surface area (Å²) in [4.78, 5) is 13.6. The van der Waals surface area contributed by atoms with Crippen LogP contribution in [0.25, 0.3) is 0 Å². The first-order valence-electron chi connectivity index (χ1n) is 6.87. The molecule has 1 fully saturated rings. The number of methoxy groups -OCH3 is 1. The quantitative estimate of drug-likeness (QED) is 0.684. The molecule has 0 radical (unpaired) electrons. The lowest BCUT2D eigenvalue weighted by Crippen LogP contribution is -2.41. The van der Waals surface area contributed by atoms with Gasteiger partial charge < -0.3 is 9.47 Å². The van der Waals surface area contributed by atoms with E-state index < -0.39 is 0 Å². The fourth-order valence-electron chi connectivity index (χ4n) is 2.36. The van der Waals surface area contributed by atoms with E-state index >= 15 is 0 Å². The van der Waals surface area contributed by atoms with E-state index in [0.717, 1.165) is 6.54 Å². The van der Waals surface area contributed by atoms with Gasteiger partial charge in [-0.05, 0) is 33.6 Å². The summed E-state index contributed by atoms with van der Waals surface area (Å²) >= 11 is 0. The van der Waals surface area contributed by atoms with Gasteiger partial charge in [0, 0.05) is 12.6 Å². The van der Waals surface area contributed by atoms with E-state index in [4.69, 9.17) is 9.47 Å². The van der Waals surface area contributed by atoms with Crippen molar-refractivity contribution in [1.82, 2.24) is 4.90 Å². The van der Waals surface area contributed by atoms with Crippen molar-refractivity contribution in [3.8, 4) is 0 Å². The molecule has 0 saturated heterocycles. The van der Waals surface area contributed by atoms with E-state index in [9.17, 15) is 4.79 Å². The third-order valence-electron chi connectivity index (χ3n) is 3.31. The minimum atomic E-state index is -0.155. The molecule has 0 bridgehead atoms. The Morgan fingerprint density at radius 3 is 2.39 bits per heavy atom. The van der Waals surface area contributed by atoms with Crippen LogP contribution in [0.1, 0.15) is 46.5 Å². The molecule has 0 amide bonds. The number of rotatable bonds is 6. The second-order valence-corrected chi connectivity index (χ2v) is 5.95. The zero-order valence-corrected chi connectivity index (χ0v) is 12.2. The summed E-state index contributed by atoms with van der Waals surface area (Å²) in [5.74, 6) is -0.155. The monoisotopic (exact) mass is 257 g/mol. The Balaban J connectivity index is 2.41. The molecule has 1 aliphatic rings. The van der Waals surface area contributed by atoms with Gasteiger partial charge in [-0.2, -0.15) is 0 Å². The van der Waals surface area contributed by atoms with E-state index in [0.29, 0.717) is 19.2 Å². The molecular formula is C14H27NO3. The van der Waals surface area contributed by atoms with Gasteiger partial charge in [0.05, 0.1) is 25.9 Å². The van der Waals surface area contributed by atoms with Crippen molar-refractivity contribution >= 4 is 5.97 Å². The number of hydrogen-bond acceptors (Lipinski definition) is 4. The van der Waals surface area contributed by atoms with Crippen LogP contribution in [0.4, 0.5) is 0 Å². The Kier molecular flexibility index (Phi) is 6.09. The molecule has 18 heavy (non-hydrogen) atoms. The maximum Gasteiger partial charge on any atom is 0.319 e. The molecule has 0 aromatic rings. The molecule has 0 N–H and O–H groups in total. The number of nitrogens with zero attached hydrogens (tertiary/aromatic N) is 1. The van der Waals surface area contributed by atoms with Crippen LogP contribution < -0.4 is 0 Å². The lowest BCUT2D eigenvalue weighted by molar-refractivity contribution is -0.142. The Morgan fingerprint density at radius 1 is 1.28 bits per heavy atom. The zero-order valence-electron chi connectivity index (χ0n) is 12.2. The van der Waals surface area contributed by atoms with Gasteiger partial charge in [-0.15, -0.1) is 0 Å². The van der Waals surface area contributed by atoms with Crippen molar-refractivity contribution < 1.29 is 14.3 Å². The Morgan fingerprint density at radius 2 is 1.89 bits per heavy atom. The second kappa shape index (κ2) is 7.10. The van der Waals surface area contributed by atoms with Crippen LogP contribution in [-0.4, -0.2) is 49.3 Å². The molecule has 1 saturated carbocycles. The average molecular weight is 257 g/mol. The molecular weight excluding hydrogens is 230 g/mol. The molecule has 0 heterocycles. The highest BCUT2D eigenvalue weighted by molar-refractivity contribution is 5.71. The van der Waals surface area contributed by atoms with Gasteiger partial charge in [0.2, 0.25) is 0 Å². The maximum atomic E-state index is 11.4. The SMILES string of the molecule is COC(=O)CN(CCOC(C)(C)C)C1CCCC1.